The second-order valence-electron chi connectivity index (χ2n) is 5.66. The SMILES string of the molecule is CCC1CCC(C#N)(NC(=O)c2cc(Br)ccc2O)CC1. The molecular formula is C16H19BrN2O2. The Kier molecular flexibility index (Phi) is 4.89. The Bertz CT molecular complexity index is 572. The molecule has 4 nitrogen and oxygen atoms in total. The van der Waals surface area contributed by atoms with Gasteiger partial charge in [-0.1, -0.05) is 29.3 Å². The average molecular weight is 351 g/mol. The molecule has 2 rings (SSSR count). The first-order chi connectivity index (χ1) is 9.99. The number of hydrogen-bond donors (Lipinski definition) is 2. The van der Waals surface area contributed by atoms with Gasteiger partial charge >= 0.3 is 0 Å². The van der Waals surface area contributed by atoms with Crippen molar-refractivity contribution in [3.05, 3.63) is 28.2 Å². The van der Waals surface area contributed by atoms with Gasteiger partial charge in [0.25, 0.3) is 5.91 Å². The summed E-state index contributed by atoms with van der Waals surface area (Å²) in [5.41, 5.74) is -0.617. The Hall–Kier alpha value is -1.54. The summed E-state index contributed by atoms with van der Waals surface area (Å²) in [5.74, 6) is 0.166. The molecule has 2 N–H and O–H groups in total. The molecule has 0 heterocycles. The molecule has 0 spiro atoms. The number of halogens is 1. The molecule has 21 heavy (non-hydrogen) atoms. The number of aromatic hydroxyl groups is 1. The Labute approximate surface area is 133 Å². The Balaban J connectivity index is 2.14. The minimum absolute atomic E-state index is 0.0777. The van der Waals surface area contributed by atoms with Crippen molar-refractivity contribution in [2.45, 2.75) is 44.6 Å². The Morgan fingerprint density at radius 3 is 2.76 bits per heavy atom. The van der Waals surface area contributed by atoms with Crippen LogP contribution >= 0.6 is 15.9 Å². The molecule has 0 saturated heterocycles. The van der Waals surface area contributed by atoms with Gasteiger partial charge in [-0.05, 0) is 49.8 Å². The van der Waals surface area contributed by atoms with Crippen LogP contribution in [0.3, 0.4) is 0 Å². The predicted molar refractivity (Wildman–Crippen MR) is 83.9 cm³/mol. The average Bonchev–Trinajstić information content (AvgIpc) is 2.50. The molecule has 112 valence electrons. The monoisotopic (exact) mass is 350 g/mol. The lowest BCUT2D eigenvalue weighted by Gasteiger charge is -2.35. The highest BCUT2D eigenvalue weighted by molar-refractivity contribution is 9.10. The number of nitrogens with one attached hydrogen (secondary N) is 1. The number of carbonyl (C=O) groups excluding carboxylic acids is 1. The van der Waals surface area contributed by atoms with Crippen molar-refractivity contribution < 1.29 is 9.90 Å². The van der Waals surface area contributed by atoms with Crippen LogP contribution in [-0.4, -0.2) is 16.6 Å². The van der Waals surface area contributed by atoms with Gasteiger partial charge in [0.05, 0.1) is 11.6 Å². The van der Waals surface area contributed by atoms with Crippen LogP contribution in [0.25, 0.3) is 0 Å². The fourth-order valence-corrected chi connectivity index (χ4v) is 3.18. The molecule has 0 unspecified atom stereocenters. The van der Waals surface area contributed by atoms with Crippen molar-refractivity contribution in [1.82, 2.24) is 5.32 Å². The van der Waals surface area contributed by atoms with Crippen molar-refractivity contribution in [1.29, 1.82) is 5.26 Å². The molecule has 1 aromatic rings. The first kappa shape index (κ1) is 15.8. The van der Waals surface area contributed by atoms with Crippen LogP contribution in [0.1, 0.15) is 49.4 Å². The highest BCUT2D eigenvalue weighted by atomic mass is 79.9. The van der Waals surface area contributed by atoms with Crippen molar-refractivity contribution in [2.24, 2.45) is 5.92 Å². The van der Waals surface area contributed by atoms with Gasteiger partial charge in [0.2, 0.25) is 0 Å². The zero-order valence-corrected chi connectivity index (χ0v) is 13.6. The first-order valence-electron chi connectivity index (χ1n) is 7.22. The van der Waals surface area contributed by atoms with Crippen molar-refractivity contribution in [3.8, 4) is 11.8 Å². The van der Waals surface area contributed by atoms with E-state index in [4.69, 9.17) is 0 Å². The lowest BCUT2D eigenvalue weighted by atomic mass is 9.76. The summed E-state index contributed by atoms with van der Waals surface area (Å²) in [6.07, 6.45) is 4.36. The smallest absolute Gasteiger partial charge is 0.256 e. The molecule has 1 aliphatic rings. The van der Waals surface area contributed by atoms with Gasteiger partial charge < -0.3 is 10.4 Å². The van der Waals surface area contributed by atoms with Crippen molar-refractivity contribution >= 4 is 21.8 Å². The summed E-state index contributed by atoms with van der Waals surface area (Å²) in [5, 5.41) is 22.1. The number of carbonyl (C=O) groups is 1. The molecule has 0 aromatic heterocycles. The molecule has 5 heteroatoms. The van der Waals surface area contributed by atoms with Crippen LogP contribution in [0.15, 0.2) is 22.7 Å². The van der Waals surface area contributed by atoms with Gasteiger partial charge in [-0.3, -0.25) is 4.79 Å². The third-order valence-corrected chi connectivity index (χ3v) is 4.80. The van der Waals surface area contributed by atoms with Crippen LogP contribution in [0.5, 0.6) is 5.75 Å². The van der Waals surface area contributed by atoms with Gasteiger partial charge in [0.15, 0.2) is 0 Å². The maximum absolute atomic E-state index is 12.4. The number of rotatable bonds is 3. The van der Waals surface area contributed by atoms with E-state index in [0.717, 1.165) is 19.3 Å². The molecule has 1 amide bonds. The molecule has 0 atom stereocenters. The van der Waals surface area contributed by atoms with E-state index < -0.39 is 11.4 Å². The van der Waals surface area contributed by atoms with Gasteiger partial charge in [0, 0.05) is 4.47 Å². The summed E-state index contributed by atoms with van der Waals surface area (Å²) < 4.78 is 0.714. The standard InChI is InChI=1S/C16H19BrN2O2/c1-2-11-5-7-16(10-18,8-6-11)19-15(21)13-9-12(17)3-4-14(13)20/h3-4,9,11,20H,2,5-8H2,1H3,(H,19,21). The van der Waals surface area contributed by atoms with Crippen LogP contribution in [0.4, 0.5) is 0 Å². The fraction of sp³-hybridized carbons (Fsp3) is 0.500. The summed E-state index contributed by atoms with van der Waals surface area (Å²) >= 11 is 3.28. The maximum Gasteiger partial charge on any atom is 0.256 e. The number of phenolic OH excluding ortho intramolecular Hbond substituents is 1. The Morgan fingerprint density at radius 1 is 1.52 bits per heavy atom. The van der Waals surface area contributed by atoms with E-state index in [1.54, 1.807) is 12.1 Å². The van der Waals surface area contributed by atoms with Crippen LogP contribution < -0.4 is 5.32 Å². The normalized spacial score (nSPS) is 25.1. The van der Waals surface area contributed by atoms with Crippen molar-refractivity contribution in [3.63, 3.8) is 0 Å². The lowest BCUT2D eigenvalue weighted by Crippen LogP contribution is -2.49. The number of hydrogen-bond acceptors (Lipinski definition) is 3. The lowest BCUT2D eigenvalue weighted by molar-refractivity contribution is 0.0888. The second kappa shape index (κ2) is 6.48. The van der Waals surface area contributed by atoms with E-state index in [2.05, 4.69) is 34.2 Å². The zero-order chi connectivity index (χ0) is 15.5. The third-order valence-electron chi connectivity index (χ3n) is 4.31. The van der Waals surface area contributed by atoms with E-state index in [1.165, 1.54) is 6.07 Å². The molecule has 1 fully saturated rings. The molecule has 1 aliphatic carbocycles. The molecular weight excluding hydrogens is 332 g/mol. The van der Waals surface area contributed by atoms with E-state index in [1.807, 2.05) is 0 Å². The second-order valence-corrected chi connectivity index (χ2v) is 6.58. The third kappa shape index (κ3) is 3.56. The summed E-state index contributed by atoms with van der Waals surface area (Å²) in [4.78, 5) is 12.4. The number of nitriles is 1. The molecule has 0 radical (unpaired) electrons. The van der Waals surface area contributed by atoms with Gasteiger partial charge in [-0.25, -0.2) is 0 Å². The van der Waals surface area contributed by atoms with Crippen LogP contribution in [0, 0.1) is 17.2 Å². The fourth-order valence-electron chi connectivity index (χ4n) is 2.82. The maximum atomic E-state index is 12.4. The van der Waals surface area contributed by atoms with Crippen LogP contribution in [-0.2, 0) is 0 Å². The van der Waals surface area contributed by atoms with Gasteiger partial charge in [-0.15, -0.1) is 0 Å². The minimum atomic E-state index is -0.808. The number of phenols is 1. The largest absolute Gasteiger partial charge is 0.507 e. The van der Waals surface area contributed by atoms with Gasteiger partial charge in [-0.2, -0.15) is 5.26 Å². The molecule has 0 bridgehead atoms. The molecule has 1 saturated carbocycles. The van der Waals surface area contributed by atoms with Crippen LogP contribution in [0.2, 0.25) is 0 Å². The predicted octanol–water partition coefficient (Wildman–Crippen LogP) is 3.75. The first-order valence-corrected chi connectivity index (χ1v) is 8.01. The molecule has 1 aromatic carbocycles. The van der Waals surface area contributed by atoms with E-state index in [9.17, 15) is 15.2 Å². The highest BCUT2D eigenvalue weighted by Gasteiger charge is 2.36. The van der Waals surface area contributed by atoms with E-state index >= 15 is 0 Å². The zero-order valence-electron chi connectivity index (χ0n) is 12.0. The quantitative estimate of drug-likeness (QED) is 0.871. The minimum Gasteiger partial charge on any atom is -0.507 e. The van der Waals surface area contributed by atoms with Gasteiger partial charge in [0.1, 0.15) is 11.3 Å². The summed E-state index contributed by atoms with van der Waals surface area (Å²) in [6.45, 7) is 2.15. The topological polar surface area (TPSA) is 73.1 Å². The molecule has 0 aliphatic heterocycles. The van der Waals surface area contributed by atoms with E-state index in [-0.39, 0.29) is 11.3 Å². The summed E-state index contributed by atoms with van der Waals surface area (Å²) in [7, 11) is 0. The number of amides is 1. The van der Waals surface area contributed by atoms with Crippen molar-refractivity contribution in [2.75, 3.05) is 0 Å². The summed E-state index contributed by atoms with van der Waals surface area (Å²) in [6, 6.07) is 6.96. The Morgan fingerprint density at radius 2 is 2.19 bits per heavy atom. The highest BCUT2D eigenvalue weighted by Crippen LogP contribution is 2.34. The number of nitrogens with zero attached hydrogens (tertiary/aromatic N) is 1. The number of benzene rings is 1. The van der Waals surface area contributed by atoms with E-state index in [0.29, 0.717) is 23.2 Å².